The summed E-state index contributed by atoms with van der Waals surface area (Å²) in [6.45, 7) is 7.33. The van der Waals surface area contributed by atoms with Crippen LogP contribution in [0.15, 0.2) is 24.3 Å². The van der Waals surface area contributed by atoms with Crippen molar-refractivity contribution in [3.05, 3.63) is 24.3 Å². The number of nitrogens with one attached hydrogen (secondary N) is 1. The third-order valence-corrected chi connectivity index (χ3v) is 11.6. The minimum atomic E-state index is -0.233. The number of carbonyl (C=O) groups excluding carboxylic acids is 1. The Bertz CT molecular complexity index is 950. The second-order valence-electron chi connectivity index (χ2n) is 13.2. The second kappa shape index (κ2) is 9.94. The van der Waals surface area contributed by atoms with Gasteiger partial charge in [-0.25, -0.2) is 0 Å². The summed E-state index contributed by atoms with van der Waals surface area (Å²) in [5.41, 5.74) is 1.25. The van der Waals surface area contributed by atoms with Crippen molar-refractivity contribution in [1.29, 1.82) is 0 Å². The molecule has 200 valence electrons. The van der Waals surface area contributed by atoms with Gasteiger partial charge in [0.2, 0.25) is 5.91 Å². The molecule has 3 N–H and O–H groups in total. The molecule has 5 nitrogen and oxygen atoms in total. The van der Waals surface area contributed by atoms with E-state index in [-0.39, 0.29) is 28.9 Å². The first-order valence-corrected chi connectivity index (χ1v) is 14.5. The zero-order chi connectivity index (χ0) is 25.7. The summed E-state index contributed by atoms with van der Waals surface area (Å²) in [6.07, 6.45) is 9.62. The van der Waals surface area contributed by atoms with E-state index in [0.717, 1.165) is 37.8 Å². The molecule has 0 saturated heterocycles. The number of rotatable bonds is 6. The monoisotopic (exact) mass is 497 g/mol. The number of aliphatic hydroxyl groups excluding tert-OH is 2. The smallest absolute Gasteiger partial charge is 0.224 e. The lowest BCUT2D eigenvalue weighted by Crippen LogP contribution is -2.58. The van der Waals surface area contributed by atoms with Gasteiger partial charge in [-0.1, -0.05) is 32.9 Å². The molecule has 4 saturated carbocycles. The molecule has 1 amide bonds. The maximum atomic E-state index is 12.8. The number of para-hydroxylation sites is 2. The van der Waals surface area contributed by atoms with Crippen molar-refractivity contribution in [3.8, 4) is 5.75 Å². The van der Waals surface area contributed by atoms with E-state index in [2.05, 4.69) is 26.1 Å². The fraction of sp³-hybridized carbons (Fsp3) is 0.774. The molecule has 10 atom stereocenters. The number of aliphatic hydroxyl groups is 2. The van der Waals surface area contributed by atoms with E-state index in [0.29, 0.717) is 47.7 Å². The Kier molecular flexibility index (Phi) is 7.19. The number of benzene rings is 1. The quantitative estimate of drug-likeness (QED) is 0.448. The van der Waals surface area contributed by atoms with Crippen LogP contribution in [0.3, 0.4) is 0 Å². The molecule has 4 aliphatic carbocycles. The van der Waals surface area contributed by atoms with Crippen molar-refractivity contribution in [3.63, 3.8) is 0 Å². The van der Waals surface area contributed by atoms with Gasteiger partial charge in [0.25, 0.3) is 0 Å². The summed E-state index contributed by atoms with van der Waals surface area (Å²) in [6, 6.07) is 7.57. The normalized spacial score (nSPS) is 42.6. The average Bonchev–Trinajstić information content (AvgIpc) is 3.21. The molecule has 0 aromatic heterocycles. The Morgan fingerprint density at radius 2 is 1.78 bits per heavy atom. The Hall–Kier alpha value is -1.59. The molecule has 1 aromatic carbocycles. The Morgan fingerprint density at radius 3 is 2.56 bits per heavy atom. The summed E-state index contributed by atoms with van der Waals surface area (Å²) in [4.78, 5) is 12.8. The lowest BCUT2D eigenvalue weighted by molar-refractivity contribution is -0.174. The molecule has 0 aliphatic heterocycles. The number of amides is 1. The molecule has 5 heteroatoms. The van der Waals surface area contributed by atoms with E-state index in [4.69, 9.17) is 4.74 Å². The molecular weight excluding hydrogens is 450 g/mol. The highest BCUT2D eigenvalue weighted by molar-refractivity contribution is 5.92. The lowest BCUT2D eigenvalue weighted by Gasteiger charge is -2.62. The van der Waals surface area contributed by atoms with Crippen LogP contribution in [-0.2, 0) is 4.79 Å². The maximum Gasteiger partial charge on any atom is 0.224 e. The molecule has 0 radical (unpaired) electrons. The molecule has 0 bridgehead atoms. The van der Waals surface area contributed by atoms with Crippen molar-refractivity contribution < 1.29 is 19.7 Å². The van der Waals surface area contributed by atoms with E-state index >= 15 is 0 Å². The number of hydrogen-bond donors (Lipinski definition) is 3. The lowest BCUT2D eigenvalue weighted by atomic mass is 9.43. The number of carbonyl (C=O) groups is 1. The van der Waals surface area contributed by atoms with Gasteiger partial charge in [-0.3, -0.25) is 4.79 Å². The molecule has 1 aromatic rings. The van der Waals surface area contributed by atoms with Gasteiger partial charge in [-0.05, 0) is 116 Å². The van der Waals surface area contributed by atoms with Crippen LogP contribution in [-0.4, -0.2) is 35.4 Å². The van der Waals surface area contributed by atoms with Gasteiger partial charge in [0.05, 0.1) is 25.0 Å². The maximum absolute atomic E-state index is 12.8. The number of hydrogen-bond acceptors (Lipinski definition) is 4. The summed E-state index contributed by atoms with van der Waals surface area (Å²) in [7, 11) is 1.63. The Balaban J connectivity index is 1.24. The van der Waals surface area contributed by atoms with Gasteiger partial charge < -0.3 is 20.3 Å². The van der Waals surface area contributed by atoms with Gasteiger partial charge in [0.1, 0.15) is 5.75 Å². The fourth-order valence-corrected chi connectivity index (χ4v) is 9.70. The van der Waals surface area contributed by atoms with Crippen LogP contribution in [0, 0.1) is 46.3 Å². The second-order valence-corrected chi connectivity index (χ2v) is 13.2. The first kappa shape index (κ1) is 26.0. The predicted molar refractivity (Wildman–Crippen MR) is 143 cm³/mol. The molecule has 4 aliphatic rings. The van der Waals surface area contributed by atoms with Crippen LogP contribution in [0.5, 0.6) is 5.75 Å². The minimum absolute atomic E-state index is 0.0518. The van der Waals surface area contributed by atoms with Gasteiger partial charge in [-0.15, -0.1) is 0 Å². The summed E-state index contributed by atoms with van der Waals surface area (Å²) >= 11 is 0. The first-order valence-electron chi connectivity index (χ1n) is 14.5. The standard InChI is InChI=1S/C31H47NO4/c1-19(9-12-28(35)32-25-7-5-6-8-27(25)36-4)22-10-11-23-29-24(14-16-31(22,23)3)30(2)15-13-21(33)17-20(30)18-26(29)34/h5-8,19-24,26,29,33-34H,9-18H2,1-4H3,(H,32,35)/t19-,20+,21-,22-,23+,24+,26-,29?,30+,31-/m1/s1. The van der Waals surface area contributed by atoms with E-state index in [1.807, 2.05) is 24.3 Å². The van der Waals surface area contributed by atoms with E-state index in [9.17, 15) is 15.0 Å². The summed E-state index contributed by atoms with van der Waals surface area (Å²) in [5.74, 6) is 3.84. The van der Waals surface area contributed by atoms with Crippen molar-refractivity contribution >= 4 is 11.6 Å². The van der Waals surface area contributed by atoms with Crippen molar-refractivity contribution in [2.45, 2.75) is 97.2 Å². The van der Waals surface area contributed by atoms with Gasteiger partial charge in [0.15, 0.2) is 0 Å². The van der Waals surface area contributed by atoms with Crippen LogP contribution in [0.25, 0.3) is 0 Å². The Labute approximate surface area is 217 Å². The third-order valence-electron chi connectivity index (χ3n) is 11.6. The first-order chi connectivity index (χ1) is 17.2. The summed E-state index contributed by atoms with van der Waals surface area (Å²) < 4.78 is 5.38. The summed E-state index contributed by atoms with van der Waals surface area (Å²) in [5, 5.41) is 24.8. The van der Waals surface area contributed by atoms with E-state index in [1.54, 1.807) is 7.11 Å². The number of fused-ring (bicyclic) bond motifs is 5. The van der Waals surface area contributed by atoms with Crippen LogP contribution in [0.2, 0.25) is 0 Å². The zero-order valence-electron chi connectivity index (χ0n) is 22.7. The van der Waals surface area contributed by atoms with Gasteiger partial charge in [-0.2, -0.15) is 0 Å². The van der Waals surface area contributed by atoms with Crippen LogP contribution in [0.1, 0.15) is 85.0 Å². The molecule has 0 heterocycles. The molecule has 1 unspecified atom stereocenters. The molecular formula is C31H47NO4. The van der Waals surface area contributed by atoms with Crippen LogP contribution >= 0.6 is 0 Å². The van der Waals surface area contributed by atoms with E-state index in [1.165, 1.54) is 25.7 Å². The van der Waals surface area contributed by atoms with Crippen LogP contribution < -0.4 is 10.1 Å². The molecule has 0 spiro atoms. The Morgan fingerprint density at radius 1 is 1.06 bits per heavy atom. The molecule has 36 heavy (non-hydrogen) atoms. The SMILES string of the molecule is COc1ccccc1NC(=O)CC[C@@H](C)[C@H]1CC[C@H]2C3[C@H](O)C[C@@H]4C[C@H](O)CC[C@]4(C)[C@H]3CC[C@]12C. The highest BCUT2D eigenvalue weighted by Gasteiger charge is 2.62. The fourth-order valence-electron chi connectivity index (χ4n) is 9.70. The highest BCUT2D eigenvalue weighted by Crippen LogP contribution is 2.68. The number of methoxy groups -OCH3 is 1. The average molecular weight is 498 g/mol. The third kappa shape index (κ3) is 4.38. The van der Waals surface area contributed by atoms with Gasteiger partial charge in [0, 0.05) is 6.42 Å². The van der Waals surface area contributed by atoms with Gasteiger partial charge >= 0.3 is 0 Å². The predicted octanol–water partition coefficient (Wildman–Crippen LogP) is 6.04. The number of ether oxygens (including phenoxy) is 1. The highest BCUT2D eigenvalue weighted by atomic mass is 16.5. The van der Waals surface area contributed by atoms with Crippen LogP contribution in [0.4, 0.5) is 5.69 Å². The topological polar surface area (TPSA) is 78.8 Å². The largest absolute Gasteiger partial charge is 0.495 e. The minimum Gasteiger partial charge on any atom is -0.495 e. The van der Waals surface area contributed by atoms with Crippen molar-refractivity contribution in [1.82, 2.24) is 0 Å². The van der Waals surface area contributed by atoms with E-state index < -0.39 is 0 Å². The van der Waals surface area contributed by atoms with Crippen molar-refractivity contribution in [2.24, 2.45) is 46.3 Å². The molecule has 5 rings (SSSR count). The zero-order valence-corrected chi connectivity index (χ0v) is 22.7. The number of anilines is 1. The molecule has 4 fully saturated rings. The van der Waals surface area contributed by atoms with Crippen molar-refractivity contribution in [2.75, 3.05) is 12.4 Å².